The Morgan fingerprint density at radius 1 is 0.818 bits per heavy atom. The predicted octanol–water partition coefficient (Wildman–Crippen LogP) is 6.66. The Balaban J connectivity index is 1.33. The first-order valence-electron chi connectivity index (χ1n) is 10.7. The molecule has 0 saturated carbocycles. The van der Waals surface area contributed by atoms with Crippen molar-refractivity contribution in [2.45, 2.75) is 13.2 Å². The fourth-order valence-corrected chi connectivity index (χ4v) is 4.66. The van der Waals surface area contributed by atoms with Gasteiger partial charge in [0.1, 0.15) is 12.4 Å². The first-order chi connectivity index (χ1) is 16.2. The van der Waals surface area contributed by atoms with Crippen molar-refractivity contribution in [3.8, 4) is 5.75 Å². The van der Waals surface area contributed by atoms with Crippen LogP contribution >= 0.6 is 11.8 Å². The van der Waals surface area contributed by atoms with E-state index in [0.717, 1.165) is 39.2 Å². The van der Waals surface area contributed by atoms with Crippen molar-refractivity contribution in [2.24, 2.45) is 0 Å². The summed E-state index contributed by atoms with van der Waals surface area (Å²) in [4.78, 5) is 27.4. The molecule has 0 radical (unpaired) electrons. The number of ether oxygens (including phenoxy) is 1. The fourth-order valence-electron chi connectivity index (χ4n) is 3.82. The van der Waals surface area contributed by atoms with E-state index in [4.69, 9.17) is 4.74 Å². The van der Waals surface area contributed by atoms with Gasteiger partial charge in [-0.2, -0.15) is 0 Å². The first-order valence-corrected chi connectivity index (χ1v) is 11.5. The number of rotatable bonds is 6. The maximum atomic E-state index is 13.0. The average Bonchev–Trinajstić information content (AvgIpc) is 3.11. The molecule has 4 nitrogen and oxygen atoms in total. The number of hydrogen-bond donors (Lipinski definition) is 0. The van der Waals surface area contributed by atoms with Gasteiger partial charge in [0.15, 0.2) is 0 Å². The van der Waals surface area contributed by atoms with E-state index >= 15 is 0 Å². The second-order valence-electron chi connectivity index (χ2n) is 7.75. The number of hydrogen-bond acceptors (Lipinski definition) is 4. The Bertz CT molecular complexity index is 1360. The highest BCUT2D eigenvalue weighted by Gasteiger charge is 2.35. The largest absolute Gasteiger partial charge is 0.489 e. The van der Waals surface area contributed by atoms with E-state index in [1.165, 1.54) is 4.90 Å². The SMILES string of the molecule is O=C1S/C(=C/c2cccc(OCc3ccccc3)c2)C(=O)N1Cc1cccc2ccccc12. The Morgan fingerprint density at radius 3 is 2.45 bits per heavy atom. The van der Waals surface area contributed by atoms with Crippen molar-refractivity contribution in [3.63, 3.8) is 0 Å². The van der Waals surface area contributed by atoms with Crippen LogP contribution in [0.15, 0.2) is 102 Å². The van der Waals surface area contributed by atoms with Gasteiger partial charge in [-0.25, -0.2) is 0 Å². The summed E-state index contributed by atoms with van der Waals surface area (Å²) in [6.45, 7) is 0.718. The summed E-state index contributed by atoms with van der Waals surface area (Å²) < 4.78 is 5.89. The lowest BCUT2D eigenvalue weighted by molar-refractivity contribution is -0.123. The molecule has 5 heteroatoms. The minimum absolute atomic E-state index is 0.254. The van der Waals surface area contributed by atoms with Crippen molar-refractivity contribution in [2.75, 3.05) is 0 Å². The lowest BCUT2D eigenvalue weighted by atomic mass is 10.0. The van der Waals surface area contributed by atoms with Crippen LogP contribution in [-0.4, -0.2) is 16.0 Å². The summed E-state index contributed by atoms with van der Waals surface area (Å²) in [6, 6.07) is 31.4. The summed E-state index contributed by atoms with van der Waals surface area (Å²) in [7, 11) is 0. The summed E-state index contributed by atoms with van der Waals surface area (Å²) in [5, 5.41) is 1.88. The third kappa shape index (κ3) is 4.69. The van der Waals surface area contributed by atoms with Crippen molar-refractivity contribution in [3.05, 3.63) is 119 Å². The molecule has 33 heavy (non-hydrogen) atoms. The lowest BCUT2D eigenvalue weighted by Gasteiger charge is -2.14. The molecule has 0 atom stereocenters. The zero-order valence-electron chi connectivity index (χ0n) is 17.8. The van der Waals surface area contributed by atoms with Gasteiger partial charge in [0.25, 0.3) is 11.1 Å². The molecule has 0 aromatic heterocycles. The second kappa shape index (κ2) is 9.35. The Labute approximate surface area is 196 Å². The molecule has 1 saturated heterocycles. The molecule has 1 aliphatic heterocycles. The van der Waals surface area contributed by atoms with E-state index in [9.17, 15) is 9.59 Å². The number of fused-ring (bicyclic) bond motifs is 1. The van der Waals surface area contributed by atoms with E-state index in [2.05, 4.69) is 0 Å². The predicted molar refractivity (Wildman–Crippen MR) is 133 cm³/mol. The number of carbonyl (C=O) groups is 2. The molecule has 0 spiro atoms. The Hall–Kier alpha value is -3.83. The van der Waals surface area contributed by atoms with Gasteiger partial charge in [0.05, 0.1) is 11.4 Å². The highest BCUT2D eigenvalue weighted by atomic mass is 32.2. The average molecular weight is 452 g/mol. The van der Waals surface area contributed by atoms with Gasteiger partial charge in [-0.3, -0.25) is 14.5 Å². The molecule has 4 aromatic carbocycles. The number of amides is 2. The zero-order valence-corrected chi connectivity index (χ0v) is 18.6. The summed E-state index contributed by atoms with van der Waals surface area (Å²) in [5.74, 6) is 0.441. The van der Waals surface area contributed by atoms with E-state index in [-0.39, 0.29) is 17.7 Å². The highest BCUT2D eigenvalue weighted by molar-refractivity contribution is 8.18. The van der Waals surface area contributed by atoms with Crippen LogP contribution in [0.1, 0.15) is 16.7 Å². The maximum Gasteiger partial charge on any atom is 0.293 e. The molecule has 2 amide bonds. The number of benzene rings is 4. The summed E-state index contributed by atoms with van der Waals surface area (Å²) in [6.07, 6.45) is 1.75. The maximum absolute atomic E-state index is 13.0. The summed E-state index contributed by atoms with van der Waals surface area (Å²) in [5.41, 5.74) is 2.85. The van der Waals surface area contributed by atoms with Gasteiger partial charge < -0.3 is 4.74 Å². The molecule has 4 aromatic rings. The third-order valence-electron chi connectivity index (χ3n) is 5.49. The number of carbonyl (C=O) groups excluding carboxylic acids is 2. The molecule has 0 aliphatic carbocycles. The standard InChI is InChI=1S/C28H21NO3S/c30-27-26(17-21-10-6-14-24(16-21)32-19-20-8-2-1-3-9-20)33-28(31)29(27)18-23-13-7-12-22-11-4-5-15-25(22)23/h1-17H,18-19H2/b26-17+. The number of imide groups is 1. The zero-order chi connectivity index (χ0) is 22.6. The molecular weight excluding hydrogens is 430 g/mol. The fraction of sp³-hybridized carbons (Fsp3) is 0.0714. The molecule has 162 valence electrons. The topological polar surface area (TPSA) is 46.6 Å². The van der Waals surface area contributed by atoms with Gasteiger partial charge in [-0.15, -0.1) is 0 Å². The monoisotopic (exact) mass is 451 g/mol. The Kier molecular flexibility index (Phi) is 5.96. The molecule has 5 rings (SSSR count). The van der Waals surface area contributed by atoms with Crippen LogP contribution in [0.4, 0.5) is 4.79 Å². The molecule has 0 bridgehead atoms. The van der Waals surface area contributed by atoms with Crippen LogP contribution in [0.3, 0.4) is 0 Å². The molecule has 0 unspecified atom stereocenters. The minimum Gasteiger partial charge on any atom is -0.489 e. The van der Waals surface area contributed by atoms with Gasteiger partial charge in [-0.1, -0.05) is 84.9 Å². The Morgan fingerprint density at radius 2 is 1.58 bits per heavy atom. The van der Waals surface area contributed by atoms with Crippen LogP contribution in [0.25, 0.3) is 16.8 Å². The van der Waals surface area contributed by atoms with Gasteiger partial charge >= 0.3 is 0 Å². The van der Waals surface area contributed by atoms with Crippen LogP contribution in [0.5, 0.6) is 5.75 Å². The van der Waals surface area contributed by atoms with Gasteiger partial charge in [-0.05, 0) is 57.4 Å². The van der Waals surface area contributed by atoms with Crippen molar-refractivity contribution in [1.29, 1.82) is 0 Å². The molecule has 1 heterocycles. The van der Waals surface area contributed by atoms with E-state index in [1.807, 2.05) is 97.1 Å². The van der Waals surface area contributed by atoms with Gasteiger partial charge in [0.2, 0.25) is 0 Å². The molecule has 1 aliphatic rings. The molecular formula is C28H21NO3S. The van der Waals surface area contributed by atoms with Crippen molar-refractivity contribution >= 4 is 39.8 Å². The number of thioether (sulfide) groups is 1. The molecule has 0 N–H and O–H groups in total. The highest BCUT2D eigenvalue weighted by Crippen LogP contribution is 2.34. The normalized spacial score (nSPS) is 14.9. The van der Waals surface area contributed by atoms with Crippen LogP contribution in [0.2, 0.25) is 0 Å². The van der Waals surface area contributed by atoms with Crippen molar-refractivity contribution < 1.29 is 14.3 Å². The van der Waals surface area contributed by atoms with Crippen LogP contribution in [-0.2, 0) is 17.9 Å². The van der Waals surface area contributed by atoms with E-state index in [1.54, 1.807) is 6.08 Å². The number of nitrogens with zero attached hydrogens (tertiary/aromatic N) is 1. The molecule has 1 fully saturated rings. The smallest absolute Gasteiger partial charge is 0.293 e. The quantitative estimate of drug-likeness (QED) is 0.308. The first kappa shape index (κ1) is 21.0. The second-order valence-corrected chi connectivity index (χ2v) is 8.75. The van der Waals surface area contributed by atoms with E-state index < -0.39 is 0 Å². The third-order valence-corrected chi connectivity index (χ3v) is 6.39. The van der Waals surface area contributed by atoms with Crippen LogP contribution < -0.4 is 4.74 Å². The van der Waals surface area contributed by atoms with Crippen LogP contribution in [0, 0.1) is 0 Å². The minimum atomic E-state index is -0.270. The summed E-state index contributed by atoms with van der Waals surface area (Å²) >= 11 is 0.975. The lowest BCUT2D eigenvalue weighted by Crippen LogP contribution is -2.27. The van der Waals surface area contributed by atoms with Gasteiger partial charge in [0, 0.05) is 0 Å². The van der Waals surface area contributed by atoms with Crippen molar-refractivity contribution in [1.82, 2.24) is 4.90 Å². The van der Waals surface area contributed by atoms with E-state index in [0.29, 0.717) is 17.3 Å².